The third-order valence-electron chi connectivity index (χ3n) is 6.79. The van der Waals surface area contributed by atoms with Crippen LogP contribution in [0.3, 0.4) is 0 Å². The van der Waals surface area contributed by atoms with Gasteiger partial charge in [-0.1, -0.05) is 36.4 Å². The van der Waals surface area contributed by atoms with Crippen LogP contribution in [0, 0.1) is 5.82 Å². The Balaban J connectivity index is 1.46. The number of hydrogen-bond donors (Lipinski definition) is 1. The number of rotatable bonds is 8. The first-order chi connectivity index (χ1) is 19.2. The molecule has 2 aromatic heterocycles. The van der Waals surface area contributed by atoms with Gasteiger partial charge in [-0.05, 0) is 64.2 Å². The van der Waals surface area contributed by atoms with Crippen molar-refractivity contribution in [1.82, 2.24) is 9.97 Å². The summed E-state index contributed by atoms with van der Waals surface area (Å²) in [4.78, 5) is 21.1. The highest BCUT2D eigenvalue weighted by molar-refractivity contribution is 6.06. The molecular formula is C31H34FN3O5. The van der Waals surface area contributed by atoms with Crippen LogP contribution in [0.2, 0.25) is 0 Å². The van der Waals surface area contributed by atoms with Gasteiger partial charge >= 0.3 is 5.97 Å². The van der Waals surface area contributed by atoms with Gasteiger partial charge in [0.1, 0.15) is 30.1 Å². The van der Waals surface area contributed by atoms with Gasteiger partial charge in [-0.25, -0.2) is 19.2 Å². The fourth-order valence-corrected chi connectivity index (χ4v) is 5.11. The van der Waals surface area contributed by atoms with E-state index in [1.165, 1.54) is 19.5 Å². The number of furan rings is 1. The maximum absolute atomic E-state index is 14.9. The maximum atomic E-state index is 14.9. The van der Waals surface area contributed by atoms with Crippen molar-refractivity contribution < 1.29 is 27.8 Å². The number of esters is 1. The Labute approximate surface area is 232 Å². The molecule has 0 saturated heterocycles. The normalized spacial score (nSPS) is 17.5. The van der Waals surface area contributed by atoms with Crippen LogP contribution in [-0.4, -0.2) is 47.4 Å². The molecule has 2 heterocycles. The van der Waals surface area contributed by atoms with Gasteiger partial charge in [-0.15, -0.1) is 0 Å². The molecule has 5 rings (SSSR count). The summed E-state index contributed by atoms with van der Waals surface area (Å²) in [6, 6.07) is 14.5. The Morgan fingerprint density at radius 3 is 2.62 bits per heavy atom. The number of halogens is 1. The van der Waals surface area contributed by atoms with Crippen LogP contribution in [0.1, 0.15) is 46.5 Å². The Hall–Kier alpha value is -3.98. The minimum absolute atomic E-state index is 0.0472. The first-order valence-electron chi connectivity index (χ1n) is 13.5. The third-order valence-corrected chi connectivity index (χ3v) is 6.79. The van der Waals surface area contributed by atoms with Crippen molar-refractivity contribution >= 4 is 22.9 Å². The quantitative estimate of drug-likeness (QED) is 0.241. The number of ether oxygens (including phenoxy) is 3. The number of benzene rings is 2. The molecule has 0 unspecified atom stereocenters. The predicted molar refractivity (Wildman–Crippen MR) is 151 cm³/mol. The molecule has 0 bridgehead atoms. The smallest absolute Gasteiger partial charge is 0.332 e. The number of nitrogens with one attached hydrogen (secondary N) is 1. The summed E-state index contributed by atoms with van der Waals surface area (Å²) in [7, 11) is 1.44. The molecule has 9 heteroatoms. The standard InChI is InChI=1S/C31H34FN3O5/c1-31(2,3)40-25(36)17-38-22-12-8-11-21(16-22)35-29-27-26(20-13-14-24(37-4)23(32)15-20)28(19-9-6-5-7-10-19)39-30(27)34-18-33-29/h5-7,9-10,13-15,18,21-22H,8,11-12,16-17H2,1-4H3,(H,33,34,35)/t21-,22-/m0/s1. The number of aromatic nitrogens is 2. The number of fused-ring (bicyclic) bond motifs is 1. The zero-order valence-electron chi connectivity index (χ0n) is 23.2. The Bertz CT molecular complexity index is 1480. The van der Waals surface area contributed by atoms with Gasteiger partial charge in [0.25, 0.3) is 0 Å². The van der Waals surface area contributed by atoms with Gasteiger partial charge in [-0.3, -0.25) is 0 Å². The minimum Gasteiger partial charge on any atom is -0.494 e. The van der Waals surface area contributed by atoms with Crippen LogP contribution >= 0.6 is 0 Å². The van der Waals surface area contributed by atoms with E-state index in [1.54, 1.807) is 12.1 Å². The summed E-state index contributed by atoms with van der Waals surface area (Å²) in [6.45, 7) is 5.42. The van der Waals surface area contributed by atoms with Crippen molar-refractivity contribution in [2.45, 2.75) is 64.2 Å². The molecule has 0 amide bonds. The Morgan fingerprint density at radius 1 is 1.10 bits per heavy atom. The molecule has 210 valence electrons. The summed E-state index contributed by atoms with van der Waals surface area (Å²) in [5.41, 5.74) is 2.00. The fraction of sp³-hybridized carbons (Fsp3) is 0.387. The number of methoxy groups -OCH3 is 1. The summed E-state index contributed by atoms with van der Waals surface area (Å²) < 4.78 is 37.6. The minimum atomic E-state index is -0.552. The predicted octanol–water partition coefficient (Wildman–Crippen LogP) is 6.79. The molecule has 2 atom stereocenters. The molecule has 1 aliphatic carbocycles. The summed E-state index contributed by atoms with van der Waals surface area (Å²) >= 11 is 0. The molecule has 2 aromatic carbocycles. The fourth-order valence-electron chi connectivity index (χ4n) is 5.11. The number of anilines is 1. The lowest BCUT2D eigenvalue weighted by Gasteiger charge is -2.30. The topological polar surface area (TPSA) is 95.7 Å². The second kappa shape index (κ2) is 11.6. The van der Waals surface area contributed by atoms with Crippen molar-refractivity contribution in [3.05, 3.63) is 60.7 Å². The summed E-state index contributed by atoms with van der Waals surface area (Å²) in [5, 5.41) is 4.24. The van der Waals surface area contributed by atoms with Gasteiger partial charge in [-0.2, -0.15) is 0 Å². The van der Waals surface area contributed by atoms with Crippen LogP contribution in [0.4, 0.5) is 10.2 Å². The van der Waals surface area contributed by atoms with E-state index in [0.717, 1.165) is 24.8 Å². The summed E-state index contributed by atoms with van der Waals surface area (Å²) in [6.07, 6.45) is 4.77. The largest absolute Gasteiger partial charge is 0.494 e. The van der Waals surface area contributed by atoms with Crippen LogP contribution in [0.5, 0.6) is 5.75 Å². The maximum Gasteiger partial charge on any atom is 0.332 e. The van der Waals surface area contributed by atoms with Crippen LogP contribution in [-0.2, 0) is 14.3 Å². The van der Waals surface area contributed by atoms with Crippen molar-refractivity contribution in [1.29, 1.82) is 0 Å². The molecule has 1 N–H and O–H groups in total. The van der Waals surface area contributed by atoms with E-state index in [0.29, 0.717) is 40.2 Å². The van der Waals surface area contributed by atoms with Crippen molar-refractivity contribution in [2.24, 2.45) is 0 Å². The highest BCUT2D eigenvalue weighted by Crippen LogP contribution is 2.43. The van der Waals surface area contributed by atoms with Crippen LogP contribution < -0.4 is 10.1 Å². The SMILES string of the molecule is COc1ccc(-c2c(-c3ccccc3)oc3ncnc(N[C@H]4CCC[C@H](OCC(=O)OC(C)(C)C)C4)c23)cc1F. The lowest BCUT2D eigenvalue weighted by Crippen LogP contribution is -2.34. The molecule has 40 heavy (non-hydrogen) atoms. The monoisotopic (exact) mass is 547 g/mol. The van der Waals surface area contributed by atoms with E-state index in [9.17, 15) is 9.18 Å². The van der Waals surface area contributed by atoms with Crippen molar-refractivity contribution in [3.8, 4) is 28.2 Å². The van der Waals surface area contributed by atoms with E-state index in [1.807, 2.05) is 51.1 Å². The number of carbonyl (C=O) groups is 1. The molecule has 1 saturated carbocycles. The van der Waals surface area contributed by atoms with Gasteiger partial charge in [0.15, 0.2) is 11.6 Å². The third kappa shape index (κ3) is 6.25. The van der Waals surface area contributed by atoms with E-state index < -0.39 is 11.4 Å². The molecule has 8 nitrogen and oxygen atoms in total. The van der Waals surface area contributed by atoms with E-state index >= 15 is 0 Å². The molecule has 1 fully saturated rings. The van der Waals surface area contributed by atoms with Gasteiger partial charge < -0.3 is 23.9 Å². The number of hydrogen-bond acceptors (Lipinski definition) is 8. The second-order valence-corrected chi connectivity index (χ2v) is 11.0. The van der Waals surface area contributed by atoms with E-state index in [2.05, 4.69) is 15.3 Å². The molecular weight excluding hydrogens is 513 g/mol. The van der Waals surface area contributed by atoms with Crippen molar-refractivity contribution in [2.75, 3.05) is 19.0 Å². The second-order valence-electron chi connectivity index (χ2n) is 11.0. The van der Waals surface area contributed by atoms with Crippen LogP contribution in [0.25, 0.3) is 33.6 Å². The highest BCUT2D eigenvalue weighted by Gasteiger charge is 2.28. The lowest BCUT2D eigenvalue weighted by atomic mass is 9.92. The van der Waals surface area contributed by atoms with Crippen LogP contribution in [0.15, 0.2) is 59.3 Å². The lowest BCUT2D eigenvalue weighted by molar-refractivity contribution is -0.162. The average molecular weight is 548 g/mol. The molecule has 4 aromatic rings. The zero-order chi connectivity index (χ0) is 28.3. The summed E-state index contributed by atoms with van der Waals surface area (Å²) in [5.74, 6) is 0.484. The average Bonchev–Trinajstić information content (AvgIpc) is 3.32. The van der Waals surface area contributed by atoms with Gasteiger partial charge in [0, 0.05) is 17.2 Å². The molecule has 0 spiro atoms. The number of carbonyl (C=O) groups excluding carboxylic acids is 1. The first kappa shape index (κ1) is 27.6. The first-order valence-corrected chi connectivity index (χ1v) is 13.5. The van der Waals surface area contributed by atoms with Gasteiger partial charge in [0.2, 0.25) is 5.71 Å². The highest BCUT2D eigenvalue weighted by atomic mass is 19.1. The number of nitrogens with zero attached hydrogens (tertiary/aromatic N) is 2. The zero-order valence-corrected chi connectivity index (χ0v) is 23.2. The van der Waals surface area contributed by atoms with Crippen molar-refractivity contribution in [3.63, 3.8) is 0 Å². The van der Waals surface area contributed by atoms with E-state index in [-0.39, 0.29) is 30.5 Å². The van der Waals surface area contributed by atoms with E-state index in [4.69, 9.17) is 18.6 Å². The molecule has 0 radical (unpaired) electrons. The Morgan fingerprint density at radius 2 is 1.90 bits per heavy atom. The molecule has 1 aliphatic rings. The molecule has 0 aliphatic heterocycles. The van der Waals surface area contributed by atoms with Gasteiger partial charge in [0.05, 0.1) is 18.6 Å². The Kier molecular flexibility index (Phi) is 8.02.